The fraction of sp³-hybridized carbons (Fsp3) is 0.125. The Bertz CT molecular complexity index is 959. The Morgan fingerprint density at radius 1 is 1.17 bits per heavy atom. The van der Waals surface area contributed by atoms with Gasteiger partial charge in [0.25, 0.3) is 11.5 Å². The van der Waals surface area contributed by atoms with E-state index in [1.165, 1.54) is 35.0 Å². The predicted molar refractivity (Wildman–Crippen MR) is 85.8 cm³/mol. The minimum absolute atomic E-state index is 0.197. The number of aryl methyl sites for hydroxylation is 2. The molecule has 0 saturated carbocycles. The van der Waals surface area contributed by atoms with Crippen LogP contribution in [0.2, 0.25) is 0 Å². The summed E-state index contributed by atoms with van der Waals surface area (Å²) in [5.41, 5.74) is 1.14. The monoisotopic (exact) mass is 327 g/mol. The highest BCUT2D eigenvalue weighted by Gasteiger charge is 2.14. The normalized spacial score (nSPS) is 10.6. The molecule has 0 bridgehead atoms. The summed E-state index contributed by atoms with van der Waals surface area (Å²) in [7, 11) is 0. The molecule has 3 rings (SSSR count). The molecule has 0 aliphatic rings. The SMILES string of the molecule is Cc1cc(=O)[nH]c(-n2nc(C)cc2NC(=O)c2ccc(F)cc2)n1. The van der Waals surface area contributed by atoms with Crippen LogP contribution < -0.4 is 10.9 Å². The number of nitrogens with zero attached hydrogens (tertiary/aromatic N) is 3. The molecule has 0 saturated heterocycles. The number of aromatic amines is 1. The molecule has 7 nitrogen and oxygen atoms in total. The maximum absolute atomic E-state index is 13.0. The summed E-state index contributed by atoms with van der Waals surface area (Å²) >= 11 is 0. The van der Waals surface area contributed by atoms with E-state index in [1.54, 1.807) is 19.9 Å². The van der Waals surface area contributed by atoms with Crippen LogP contribution in [-0.4, -0.2) is 25.7 Å². The fourth-order valence-corrected chi connectivity index (χ4v) is 2.20. The number of rotatable bonds is 3. The molecule has 24 heavy (non-hydrogen) atoms. The topological polar surface area (TPSA) is 92.7 Å². The van der Waals surface area contributed by atoms with Crippen LogP contribution in [0.15, 0.2) is 41.2 Å². The van der Waals surface area contributed by atoms with Crippen LogP contribution in [0, 0.1) is 19.7 Å². The van der Waals surface area contributed by atoms with Crippen molar-refractivity contribution in [2.75, 3.05) is 5.32 Å². The van der Waals surface area contributed by atoms with Crippen LogP contribution in [0.4, 0.5) is 10.2 Å². The minimum atomic E-state index is -0.425. The summed E-state index contributed by atoms with van der Waals surface area (Å²) in [5.74, 6) is -0.307. The van der Waals surface area contributed by atoms with E-state index in [2.05, 4.69) is 20.4 Å². The maximum Gasteiger partial charge on any atom is 0.256 e. The molecule has 2 N–H and O–H groups in total. The number of hydrogen-bond donors (Lipinski definition) is 2. The highest BCUT2D eigenvalue weighted by molar-refractivity contribution is 6.03. The molecule has 0 spiro atoms. The molecular weight excluding hydrogens is 313 g/mol. The van der Waals surface area contributed by atoms with Crippen molar-refractivity contribution in [3.63, 3.8) is 0 Å². The fourth-order valence-electron chi connectivity index (χ4n) is 2.20. The lowest BCUT2D eigenvalue weighted by Crippen LogP contribution is -2.18. The number of aromatic nitrogens is 4. The largest absolute Gasteiger partial charge is 0.306 e. The number of amides is 1. The Hall–Kier alpha value is -3.29. The standard InChI is InChI=1S/C16H14FN5O2/c1-9-8-14(23)20-16(18-9)22-13(7-10(2)21-22)19-15(24)11-3-5-12(17)6-4-11/h3-8H,1-2H3,(H,19,24)(H,18,20,23). The first kappa shape index (κ1) is 15.6. The van der Waals surface area contributed by atoms with E-state index in [0.29, 0.717) is 22.8 Å². The van der Waals surface area contributed by atoms with Gasteiger partial charge in [0, 0.05) is 23.4 Å². The second-order valence-corrected chi connectivity index (χ2v) is 5.25. The lowest BCUT2D eigenvalue weighted by atomic mass is 10.2. The Morgan fingerprint density at radius 3 is 2.54 bits per heavy atom. The number of anilines is 1. The van der Waals surface area contributed by atoms with Gasteiger partial charge in [-0.1, -0.05) is 0 Å². The Labute approximate surface area is 136 Å². The van der Waals surface area contributed by atoms with E-state index in [9.17, 15) is 14.0 Å². The van der Waals surface area contributed by atoms with Crippen LogP contribution >= 0.6 is 0 Å². The summed E-state index contributed by atoms with van der Waals surface area (Å²) in [6, 6.07) is 8.17. The van der Waals surface area contributed by atoms with Crippen molar-refractivity contribution in [1.29, 1.82) is 0 Å². The maximum atomic E-state index is 13.0. The van der Waals surface area contributed by atoms with Crippen molar-refractivity contribution in [3.8, 4) is 5.95 Å². The van der Waals surface area contributed by atoms with Gasteiger partial charge in [-0.15, -0.1) is 0 Å². The number of benzene rings is 1. The van der Waals surface area contributed by atoms with Gasteiger partial charge in [-0.3, -0.25) is 14.6 Å². The summed E-state index contributed by atoms with van der Waals surface area (Å²) < 4.78 is 14.3. The lowest BCUT2D eigenvalue weighted by Gasteiger charge is -2.08. The van der Waals surface area contributed by atoms with E-state index in [4.69, 9.17) is 0 Å². The van der Waals surface area contributed by atoms with Gasteiger partial charge in [0.15, 0.2) is 0 Å². The molecule has 2 heterocycles. The van der Waals surface area contributed by atoms with E-state index in [1.807, 2.05) is 0 Å². The second kappa shape index (κ2) is 6.07. The molecule has 0 aliphatic carbocycles. The first-order chi connectivity index (χ1) is 11.4. The van der Waals surface area contributed by atoms with E-state index < -0.39 is 11.7 Å². The lowest BCUT2D eigenvalue weighted by molar-refractivity contribution is 0.102. The summed E-state index contributed by atoms with van der Waals surface area (Å²) in [5, 5.41) is 6.91. The highest BCUT2D eigenvalue weighted by atomic mass is 19.1. The molecule has 2 aromatic heterocycles. The van der Waals surface area contributed by atoms with Gasteiger partial charge in [0.05, 0.1) is 5.69 Å². The molecule has 8 heteroatoms. The van der Waals surface area contributed by atoms with Crippen molar-refractivity contribution >= 4 is 11.7 Å². The van der Waals surface area contributed by atoms with Crippen molar-refractivity contribution in [2.24, 2.45) is 0 Å². The molecular formula is C16H14FN5O2. The third-order valence-corrected chi connectivity index (χ3v) is 3.24. The van der Waals surface area contributed by atoms with Gasteiger partial charge in [-0.2, -0.15) is 9.78 Å². The van der Waals surface area contributed by atoms with Crippen LogP contribution in [0.3, 0.4) is 0 Å². The van der Waals surface area contributed by atoms with Gasteiger partial charge in [-0.05, 0) is 38.1 Å². The number of halogens is 1. The molecule has 0 unspecified atom stereocenters. The minimum Gasteiger partial charge on any atom is -0.306 e. The number of carbonyl (C=O) groups is 1. The quantitative estimate of drug-likeness (QED) is 0.769. The summed E-state index contributed by atoms with van der Waals surface area (Å²) in [6.07, 6.45) is 0. The molecule has 0 fully saturated rings. The molecule has 0 radical (unpaired) electrons. The zero-order valence-corrected chi connectivity index (χ0v) is 13.0. The van der Waals surface area contributed by atoms with Gasteiger partial charge in [-0.25, -0.2) is 9.37 Å². The molecule has 3 aromatic rings. The van der Waals surface area contributed by atoms with Crippen molar-refractivity contribution < 1.29 is 9.18 Å². The van der Waals surface area contributed by atoms with Crippen molar-refractivity contribution in [2.45, 2.75) is 13.8 Å². The number of hydrogen-bond acceptors (Lipinski definition) is 4. The van der Waals surface area contributed by atoms with Gasteiger partial charge in [0.1, 0.15) is 11.6 Å². The third kappa shape index (κ3) is 3.22. The smallest absolute Gasteiger partial charge is 0.256 e. The molecule has 122 valence electrons. The van der Waals surface area contributed by atoms with E-state index >= 15 is 0 Å². The number of nitrogens with one attached hydrogen (secondary N) is 2. The zero-order chi connectivity index (χ0) is 17.3. The van der Waals surface area contributed by atoms with Crippen molar-refractivity contribution in [3.05, 3.63) is 69.5 Å². The van der Waals surface area contributed by atoms with Gasteiger partial charge >= 0.3 is 0 Å². The summed E-state index contributed by atoms with van der Waals surface area (Å²) in [4.78, 5) is 30.7. The average Bonchev–Trinajstić information content (AvgIpc) is 2.87. The first-order valence-electron chi connectivity index (χ1n) is 7.14. The zero-order valence-electron chi connectivity index (χ0n) is 13.0. The molecule has 1 aromatic carbocycles. The third-order valence-electron chi connectivity index (χ3n) is 3.24. The number of carbonyl (C=O) groups excluding carboxylic acids is 1. The van der Waals surface area contributed by atoms with E-state index in [-0.39, 0.29) is 11.5 Å². The number of H-pyrrole nitrogens is 1. The van der Waals surface area contributed by atoms with Crippen LogP contribution in [0.25, 0.3) is 5.95 Å². The van der Waals surface area contributed by atoms with Crippen LogP contribution in [0.1, 0.15) is 21.7 Å². The molecule has 0 atom stereocenters. The van der Waals surface area contributed by atoms with Gasteiger partial charge < -0.3 is 5.32 Å². The first-order valence-corrected chi connectivity index (χ1v) is 7.14. The Kier molecular flexibility index (Phi) is 3.95. The summed E-state index contributed by atoms with van der Waals surface area (Å²) in [6.45, 7) is 3.43. The molecule has 1 amide bonds. The van der Waals surface area contributed by atoms with Crippen LogP contribution in [-0.2, 0) is 0 Å². The van der Waals surface area contributed by atoms with E-state index in [0.717, 1.165) is 0 Å². The Balaban J connectivity index is 1.96. The van der Waals surface area contributed by atoms with Crippen LogP contribution in [0.5, 0.6) is 0 Å². The second-order valence-electron chi connectivity index (χ2n) is 5.25. The highest BCUT2D eigenvalue weighted by Crippen LogP contribution is 2.15. The Morgan fingerprint density at radius 2 is 1.88 bits per heavy atom. The van der Waals surface area contributed by atoms with Crippen molar-refractivity contribution in [1.82, 2.24) is 19.7 Å². The van der Waals surface area contributed by atoms with Gasteiger partial charge in [0.2, 0.25) is 5.95 Å². The molecule has 0 aliphatic heterocycles. The predicted octanol–water partition coefficient (Wildman–Crippen LogP) is 1.96. The average molecular weight is 327 g/mol.